The van der Waals surface area contributed by atoms with Crippen LogP contribution in [0, 0.1) is 0 Å². The van der Waals surface area contributed by atoms with E-state index in [9.17, 15) is 9.59 Å². The highest BCUT2D eigenvalue weighted by Gasteiger charge is 2.31. The summed E-state index contributed by atoms with van der Waals surface area (Å²) in [6.07, 6.45) is 0.395. The summed E-state index contributed by atoms with van der Waals surface area (Å²) >= 11 is 13.4. The number of hydrogen-bond donors (Lipinski definition) is 0. The van der Waals surface area contributed by atoms with Gasteiger partial charge in [-0.15, -0.1) is 0 Å². The third-order valence-electron chi connectivity index (χ3n) is 2.92. The van der Waals surface area contributed by atoms with Gasteiger partial charge >= 0.3 is 0 Å². The highest BCUT2D eigenvalue weighted by Crippen LogP contribution is 2.30. The molecular formula is C13H13Cl2NO2S. The van der Waals surface area contributed by atoms with E-state index < -0.39 is 0 Å². The van der Waals surface area contributed by atoms with Gasteiger partial charge in [-0.2, -0.15) is 0 Å². The van der Waals surface area contributed by atoms with E-state index in [0.717, 1.165) is 5.56 Å². The summed E-state index contributed by atoms with van der Waals surface area (Å²) in [6, 6.07) is 5.28. The van der Waals surface area contributed by atoms with Crippen molar-refractivity contribution in [2.45, 2.75) is 25.1 Å². The normalized spacial score (nSPS) is 19.0. The minimum absolute atomic E-state index is 0.0336. The summed E-state index contributed by atoms with van der Waals surface area (Å²) in [4.78, 5) is 24.7. The SMILES string of the molecule is CC(=O)SC1CC(=O)N(Cc2c(Cl)cccc2Cl)C1. The van der Waals surface area contributed by atoms with Crippen molar-refractivity contribution in [2.75, 3.05) is 6.54 Å². The van der Waals surface area contributed by atoms with E-state index in [4.69, 9.17) is 23.2 Å². The van der Waals surface area contributed by atoms with Gasteiger partial charge in [0.25, 0.3) is 0 Å². The molecule has 0 aliphatic carbocycles. The second kappa shape index (κ2) is 6.16. The van der Waals surface area contributed by atoms with Gasteiger partial charge in [-0.3, -0.25) is 9.59 Å². The third kappa shape index (κ3) is 3.65. The Kier molecular flexibility index (Phi) is 4.76. The average molecular weight is 318 g/mol. The zero-order valence-electron chi connectivity index (χ0n) is 10.4. The van der Waals surface area contributed by atoms with Crippen molar-refractivity contribution in [1.29, 1.82) is 0 Å². The van der Waals surface area contributed by atoms with Crippen molar-refractivity contribution in [2.24, 2.45) is 0 Å². The Balaban J connectivity index is 2.08. The lowest BCUT2D eigenvalue weighted by molar-refractivity contribution is -0.128. The van der Waals surface area contributed by atoms with Gasteiger partial charge in [0.05, 0.1) is 0 Å². The van der Waals surface area contributed by atoms with E-state index in [1.54, 1.807) is 23.1 Å². The molecule has 1 aliphatic rings. The predicted octanol–water partition coefficient (Wildman–Crippen LogP) is 3.37. The number of carbonyl (C=O) groups is 2. The molecule has 0 aromatic heterocycles. The zero-order chi connectivity index (χ0) is 14.0. The van der Waals surface area contributed by atoms with Crippen LogP contribution in [0.25, 0.3) is 0 Å². The number of likely N-dealkylation sites (tertiary alicyclic amines) is 1. The molecule has 0 spiro atoms. The minimum atomic E-state index is 0.0336. The Morgan fingerprint density at radius 3 is 2.63 bits per heavy atom. The van der Waals surface area contributed by atoms with Crippen LogP contribution in [0.1, 0.15) is 18.9 Å². The number of hydrogen-bond acceptors (Lipinski definition) is 3. The number of amides is 1. The van der Waals surface area contributed by atoms with E-state index in [2.05, 4.69) is 0 Å². The van der Waals surface area contributed by atoms with Crippen molar-refractivity contribution in [1.82, 2.24) is 4.90 Å². The topological polar surface area (TPSA) is 37.4 Å². The van der Waals surface area contributed by atoms with Gasteiger partial charge in [0.2, 0.25) is 5.91 Å². The molecule has 2 rings (SSSR count). The van der Waals surface area contributed by atoms with E-state index in [1.807, 2.05) is 0 Å². The third-order valence-corrected chi connectivity index (χ3v) is 4.61. The van der Waals surface area contributed by atoms with E-state index in [0.29, 0.717) is 29.6 Å². The molecule has 1 atom stereocenters. The van der Waals surface area contributed by atoms with Gasteiger partial charge in [0.15, 0.2) is 5.12 Å². The number of nitrogens with zero attached hydrogens (tertiary/aromatic N) is 1. The number of rotatable bonds is 3. The molecule has 1 fully saturated rings. The second-order valence-electron chi connectivity index (χ2n) is 4.41. The molecule has 3 nitrogen and oxygen atoms in total. The number of halogens is 2. The summed E-state index contributed by atoms with van der Waals surface area (Å²) in [7, 11) is 0. The standard InChI is InChI=1S/C13H13Cl2NO2S/c1-8(17)19-9-5-13(18)16(6-9)7-10-11(14)3-2-4-12(10)15/h2-4,9H,5-7H2,1H3. The maximum Gasteiger partial charge on any atom is 0.224 e. The molecule has 0 saturated carbocycles. The van der Waals surface area contributed by atoms with Crippen LogP contribution in [0.15, 0.2) is 18.2 Å². The molecule has 1 aliphatic heterocycles. The Morgan fingerprint density at radius 2 is 2.05 bits per heavy atom. The first-order valence-electron chi connectivity index (χ1n) is 5.85. The molecule has 1 amide bonds. The van der Waals surface area contributed by atoms with Crippen molar-refractivity contribution in [3.63, 3.8) is 0 Å². The Morgan fingerprint density at radius 1 is 1.42 bits per heavy atom. The van der Waals surface area contributed by atoms with Gasteiger partial charge in [-0.25, -0.2) is 0 Å². The fourth-order valence-electron chi connectivity index (χ4n) is 2.08. The molecule has 1 heterocycles. The smallest absolute Gasteiger partial charge is 0.224 e. The molecule has 0 radical (unpaired) electrons. The molecule has 1 aromatic carbocycles. The molecule has 19 heavy (non-hydrogen) atoms. The van der Waals surface area contributed by atoms with Crippen molar-refractivity contribution >= 4 is 46.0 Å². The fraction of sp³-hybridized carbons (Fsp3) is 0.385. The average Bonchev–Trinajstić information content (AvgIpc) is 2.63. The Labute approximate surface area is 126 Å². The molecule has 1 unspecified atom stereocenters. The van der Waals surface area contributed by atoms with Gasteiger partial charge in [-0.1, -0.05) is 41.0 Å². The molecule has 6 heteroatoms. The molecule has 0 N–H and O–H groups in total. The minimum Gasteiger partial charge on any atom is -0.337 e. The van der Waals surface area contributed by atoms with Gasteiger partial charge in [0, 0.05) is 47.3 Å². The fourth-order valence-corrected chi connectivity index (χ4v) is 3.54. The van der Waals surface area contributed by atoms with Crippen LogP contribution in [0.3, 0.4) is 0 Å². The van der Waals surface area contributed by atoms with Crippen LogP contribution in [0.4, 0.5) is 0 Å². The van der Waals surface area contributed by atoms with Crippen molar-refractivity contribution in [3.8, 4) is 0 Å². The summed E-state index contributed by atoms with van der Waals surface area (Å²) in [6.45, 7) is 2.47. The number of benzene rings is 1. The summed E-state index contributed by atoms with van der Waals surface area (Å²) in [5.41, 5.74) is 0.757. The van der Waals surface area contributed by atoms with Gasteiger partial charge < -0.3 is 4.90 Å². The highest BCUT2D eigenvalue weighted by molar-refractivity contribution is 8.14. The maximum absolute atomic E-state index is 11.9. The quantitative estimate of drug-likeness (QED) is 0.857. The summed E-state index contributed by atoms with van der Waals surface area (Å²) in [5.74, 6) is 0.0368. The van der Waals surface area contributed by atoms with Gasteiger partial charge in [0.1, 0.15) is 0 Å². The first-order valence-corrected chi connectivity index (χ1v) is 7.49. The summed E-state index contributed by atoms with van der Waals surface area (Å²) < 4.78 is 0. The van der Waals surface area contributed by atoms with Crippen molar-refractivity contribution in [3.05, 3.63) is 33.8 Å². The molecule has 0 bridgehead atoms. The Bertz CT molecular complexity index is 501. The largest absolute Gasteiger partial charge is 0.337 e. The van der Waals surface area contributed by atoms with Crippen LogP contribution in [-0.2, 0) is 16.1 Å². The molecular weight excluding hydrogens is 305 g/mol. The van der Waals surface area contributed by atoms with Gasteiger partial charge in [-0.05, 0) is 12.1 Å². The molecule has 102 valence electrons. The lowest BCUT2D eigenvalue weighted by Gasteiger charge is -2.18. The first kappa shape index (κ1) is 14.7. The van der Waals surface area contributed by atoms with Crippen LogP contribution < -0.4 is 0 Å². The number of thioether (sulfide) groups is 1. The van der Waals surface area contributed by atoms with Crippen LogP contribution in [0.2, 0.25) is 10.0 Å². The van der Waals surface area contributed by atoms with Crippen LogP contribution in [-0.4, -0.2) is 27.7 Å². The van der Waals surface area contributed by atoms with E-state index in [1.165, 1.54) is 18.7 Å². The second-order valence-corrected chi connectivity index (χ2v) is 6.70. The highest BCUT2D eigenvalue weighted by atomic mass is 35.5. The summed E-state index contributed by atoms with van der Waals surface area (Å²) in [5, 5.41) is 1.19. The van der Waals surface area contributed by atoms with E-state index in [-0.39, 0.29) is 16.3 Å². The van der Waals surface area contributed by atoms with Crippen molar-refractivity contribution < 1.29 is 9.59 Å². The van der Waals surface area contributed by atoms with Crippen LogP contribution >= 0.6 is 35.0 Å². The Hall–Kier alpha value is -0.710. The molecule has 1 saturated heterocycles. The lowest BCUT2D eigenvalue weighted by atomic mass is 10.2. The zero-order valence-corrected chi connectivity index (χ0v) is 12.7. The lowest BCUT2D eigenvalue weighted by Crippen LogP contribution is -2.25. The van der Waals surface area contributed by atoms with E-state index >= 15 is 0 Å². The monoisotopic (exact) mass is 317 g/mol. The predicted molar refractivity (Wildman–Crippen MR) is 78.6 cm³/mol. The maximum atomic E-state index is 11.9. The first-order chi connectivity index (χ1) is 8.97. The van der Waals surface area contributed by atoms with Crippen LogP contribution in [0.5, 0.6) is 0 Å². The number of carbonyl (C=O) groups excluding carboxylic acids is 2. The molecule has 1 aromatic rings.